The fourth-order valence-electron chi connectivity index (χ4n) is 2.84. The number of fused-ring (bicyclic) bond motifs is 1. The second kappa shape index (κ2) is 6.88. The Morgan fingerprint density at radius 1 is 1.36 bits per heavy atom. The van der Waals surface area contributed by atoms with E-state index < -0.39 is 11.7 Å². The van der Waals surface area contributed by atoms with Gasteiger partial charge >= 0.3 is 0 Å². The van der Waals surface area contributed by atoms with E-state index in [1.54, 1.807) is 6.07 Å². The highest BCUT2D eigenvalue weighted by Crippen LogP contribution is 2.12. The van der Waals surface area contributed by atoms with Crippen LogP contribution in [-0.2, 0) is 12.8 Å². The minimum atomic E-state index is -0.562. The van der Waals surface area contributed by atoms with Crippen LogP contribution >= 0.6 is 0 Å². The molecular formula is C18H19FN4O2. The van der Waals surface area contributed by atoms with E-state index in [-0.39, 0.29) is 17.7 Å². The number of rotatable bonds is 5. The highest BCUT2D eigenvalue weighted by Gasteiger charge is 2.13. The Morgan fingerprint density at radius 3 is 2.84 bits per heavy atom. The van der Waals surface area contributed by atoms with Crippen molar-refractivity contribution in [3.63, 3.8) is 0 Å². The van der Waals surface area contributed by atoms with Crippen LogP contribution in [0.2, 0.25) is 0 Å². The molecule has 25 heavy (non-hydrogen) atoms. The largest absolute Gasteiger partial charge is 0.352 e. The summed E-state index contributed by atoms with van der Waals surface area (Å²) in [5.74, 6) is -1.05. The Balaban J connectivity index is 1.74. The minimum Gasteiger partial charge on any atom is -0.352 e. The van der Waals surface area contributed by atoms with Crippen LogP contribution in [0.15, 0.2) is 35.1 Å². The van der Waals surface area contributed by atoms with Gasteiger partial charge in [0.25, 0.3) is 11.5 Å². The number of aryl methyl sites for hydroxylation is 2. The topological polar surface area (TPSA) is 79.3 Å². The maximum atomic E-state index is 13.6. The molecule has 0 saturated heterocycles. The quantitative estimate of drug-likeness (QED) is 0.744. The van der Waals surface area contributed by atoms with Gasteiger partial charge in [-0.2, -0.15) is 0 Å². The molecule has 3 rings (SSSR count). The van der Waals surface area contributed by atoms with Gasteiger partial charge < -0.3 is 5.32 Å². The lowest BCUT2D eigenvalue weighted by molar-refractivity contribution is 0.0950. The maximum absolute atomic E-state index is 13.6. The lowest BCUT2D eigenvalue weighted by Crippen LogP contribution is -2.27. The van der Waals surface area contributed by atoms with Crippen molar-refractivity contribution in [3.8, 4) is 0 Å². The Labute approximate surface area is 143 Å². The molecule has 0 aliphatic rings. The molecule has 2 heterocycles. The summed E-state index contributed by atoms with van der Waals surface area (Å²) in [6.07, 6.45) is 1.15. The van der Waals surface area contributed by atoms with Gasteiger partial charge in [0.05, 0.1) is 11.3 Å². The first-order chi connectivity index (χ1) is 12.0. The minimum absolute atomic E-state index is 0.000472. The molecule has 0 aliphatic carbocycles. The van der Waals surface area contributed by atoms with Crippen LogP contribution in [0.3, 0.4) is 0 Å². The average Bonchev–Trinajstić information content (AvgIpc) is 2.91. The highest BCUT2D eigenvalue weighted by molar-refractivity contribution is 5.94. The van der Waals surface area contributed by atoms with Gasteiger partial charge in [-0.05, 0) is 25.5 Å². The first-order valence-corrected chi connectivity index (χ1v) is 8.14. The van der Waals surface area contributed by atoms with Crippen molar-refractivity contribution in [2.75, 3.05) is 6.54 Å². The summed E-state index contributed by atoms with van der Waals surface area (Å²) in [6, 6.07) is 7.25. The van der Waals surface area contributed by atoms with E-state index in [1.807, 2.05) is 13.8 Å². The van der Waals surface area contributed by atoms with Gasteiger partial charge in [-0.1, -0.05) is 19.1 Å². The summed E-state index contributed by atoms with van der Waals surface area (Å²) in [5.41, 5.74) is 2.92. The predicted octanol–water partition coefficient (Wildman–Crippen LogP) is 2.01. The third-order valence-electron chi connectivity index (χ3n) is 4.11. The number of hydrogen-bond acceptors (Lipinski definition) is 3. The summed E-state index contributed by atoms with van der Waals surface area (Å²) >= 11 is 0. The van der Waals surface area contributed by atoms with Gasteiger partial charge in [-0.25, -0.2) is 13.9 Å². The van der Waals surface area contributed by atoms with Crippen LogP contribution in [0.25, 0.3) is 5.65 Å². The van der Waals surface area contributed by atoms with E-state index in [1.165, 1.54) is 28.8 Å². The highest BCUT2D eigenvalue weighted by atomic mass is 19.1. The van der Waals surface area contributed by atoms with Crippen molar-refractivity contribution >= 4 is 11.6 Å². The molecule has 1 aromatic carbocycles. The van der Waals surface area contributed by atoms with Gasteiger partial charge in [0.15, 0.2) is 5.65 Å². The zero-order chi connectivity index (χ0) is 18.0. The van der Waals surface area contributed by atoms with Crippen LogP contribution in [0, 0.1) is 12.7 Å². The summed E-state index contributed by atoms with van der Waals surface area (Å²) in [7, 11) is 0. The molecule has 0 bridgehead atoms. The first kappa shape index (κ1) is 16.9. The second-order valence-corrected chi connectivity index (χ2v) is 5.80. The van der Waals surface area contributed by atoms with E-state index in [2.05, 4.69) is 15.4 Å². The zero-order valence-electron chi connectivity index (χ0n) is 14.1. The molecule has 2 N–H and O–H groups in total. The van der Waals surface area contributed by atoms with Crippen LogP contribution in [0.4, 0.5) is 4.39 Å². The van der Waals surface area contributed by atoms with Crippen LogP contribution in [0.1, 0.15) is 34.2 Å². The predicted molar refractivity (Wildman–Crippen MR) is 92.4 cm³/mol. The molecule has 0 atom stereocenters. The molecule has 0 fully saturated rings. The van der Waals surface area contributed by atoms with E-state index in [4.69, 9.17) is 0 Å². The van der Waals surface area contributed by atoms with Crippen molar-refractivity contribution < 1.29 is 9.18 Å². The van der Waals surface area contributed by atoms with Crippen molar-refractivity contribution in [2.24, 2.45) is 0 Å². The summed E-state index contributed by atoms with van der Waals surface area (Å²) in [5, 5.41) is 5.66. The van der Waals surface area contributed by atoms with Crippen molar-refractivity contribution in [2.45, 2.75) is 26.7 Å². The SMILES string of the molecule is CCc1c(C)[nH]n2c(=O)cc(CCNC(=O)c3ccccc3F)nc12. The number of hydrogen-bond donors (Lipinski definition) is 2. The van der Waals surface area contributed by atoms with E-state index >= 15 is 0 Å². The summed E-state index contributed by atoms with van der Waals surface area (Å²) in [4.78, 5) is 28.7. The molecule has 0 unspecified atom stereocenters. The lowest BCUT2D eigenvalue weighted by atomic mass is 10.2. The molecule has 0 radical (unpaired) electrons. The molecule has 2 aromatic heterocycles. The Bertz CT molecular complexity index is 990. The number of carbonyl (C=O) groups is 1. The smallest absolute Gasteiger partial charge is 0.272 e. The molecule has 6 nitrogen and oxygen atoms in total. The Hall–Kier alpha value is -2.96. The number of H-pyrrole nitrogens is 1. The van der Waals surface area contributed by atoms with Crippen LogP contribution in [0.5, 0.6) is 0 Å². The lowest BCUT2D eigenvalue weighted by Gasteiger charge is -2.06. The van der Waals surface area contributed by atoms with Gasteiger partial charge in [0, 0.05) is 30.3 Å². The molecule has 0 spiro atoms. The molecule has 1 amide bonds. The standard InChI is InChI=1S/C18H19FN4O2/c1-3-13-11(2)22-23-16(24)10-12(21-17(13)23)8-9-20-18(25)14-6-4-5-7-15(14)19/h4-7,10,22H,3,8-9H2,1-2H3,(H,20,25). The maximum Gasteiger partial charge on any atom is 0.272 e. The third-order valence-corrected chi connectivity index (χ3v) is 4.11. The third kappa shape index (κ3) is 3.31. The van der Waals surface area contributed by atoms with E-state index in [0.29, 0.717) is 17.8 Å². The number of benzene rings is 1. The molecule has 0 aliphatic heterocycles. The monoisotopic (exact) mass is 342 g/mol. The van der Waals surface area contributed by atoms with Crippen molar-refractivity contribution in [1.29, 1.82) is 0 Å². The summed E-state index contributed by atoms with van der Waals surface area (Å²) < 4.78 is 15.0. The number of carbonyl (C=O) groups excluding carboxylic acids is 1. The molecule has 130 valence electrons. The van der Waals surface area contributed by atoms with Gasteiger partial charge in [0.1, 0.15) is 5.82 Å². The average molecular weight is 342 g/mol. The van der Waals surface area contributed by atoms with Crippen LogP contribution in [-0.4, -0.2) is 27.0 Å². The summed E-state index contributed by atoms with van der Waals surface area (Å²) in [6.45, 7) is 4.17. The van der Waals surface area contributed by atoms with E-state index in [0.717, 1.165) is 17.7 Å². The molecule has 0 saturated carbocycles. The first-order valence-electron chi connectivity index (χ1n) is 8.14. The van der Waals surface area contributed by atoms with E-state index in [9.17, 15) is 14.0 Å². The van der Waals surface area contributed by atoms with Crippen LogP contribution < -0.4 is 10.9 Å². The Kier molecular flexibility index (Phi) is 4.65. The number of nitrogens with one attached hydrogen (secondary N) is 2. The van der Waals surface area contributed by atoms with Gasteiger partial charge in [-0.15, -0.1) is 0 Å². The van der Waals surface area contributed by atoms with Crippen molar-refractivity contribution in [1.82, 2.24) is 19.9 Å². The fourth-order valence-corrected chi connectivity index (χ4v) is 2.84. The van der Waals surface area contributed by atoms with Crippen molar-refractivity contribution in [3.05, 3.63) is 69.0 Å². The number of aromatic nitrogens is 3. The number of nitrogens with zero attached hydrogens (tertiary/aromatic N) is 2. The zero-order valence-corrected chi connectivity index (χ0v) is 14.1. The molecule has 3 aromatic rings. The normalized spacial score (nSPS) is 11.0. The molecular weight excluding hydrogens is 323 g/mol. The number of halogens is 1. The van der Waals surface area contributed by atoms with Gasteiger partial charge in [-0.3, -0.25) is 14.7 Å². The number of aromatic amines is 1. The second-order valence-electron chi connectivity index (χ2n) is 5.80. The van der Waals surface area contributed by atoms with Gasteiger partial charge in [0.2, 0.25) is 0 Å². The number of amides is 1. The molecule has 7 heteroatoms. The Morgan fingerprint density at radius 2 is 2.12 bits per heavy atom. The fraction of sp³-hybridized carbons (Fsp3) is 0.278.